The monoisotopic (exact) mass is 245 g/mol. The molecule has 0 radical (unpaired) electrons. The number of hydrazine groups is 1. The minimum Gasteiger partial charge on any atom is -0.264 e. The first-order valence-electron chi connectivity index (χ1n) is 5.45. The molecule has 6 heteroatoms. The summed E-state index contributed by atoms with van der Waals surface area (Å²) in [4.78, 5) is 3.69. The van der Waals surface area contributed by atoms with E-state index in [1.165, 1.54) is 12.3 Å². The van der Waals surface area contributed by atoms with Crippen molar-refractivity contribution in [3.63, 3.8) is 0 Å². The van der Waals surface area contributed by atoms with E-state index in [2.05, 4.69) is 10.4 Å². The van der Waals surface area contributed by atoms with E-state index in [4.69, 9.17) is 0 Å². The molecule has 1 aromatic heterocycles. The molecule has 0 saturated carbocycles. The van der Waals surface area contributed by atoms with Gasteiger partial charge in [-0.3, -0.25) is 10.4 Å². The molecule has 1 N–H and O–H groups in total. The molecule has 0 unspecified atom stereocenters. The van der Waals surface area contributed by atoms with Gasteiger partial charge in [-0.2, -0.15) is 13.2 Å². The number of hydrogen-bond donors (Lipinski definition) is 1. The molecule has 1 atom stereocenters. The average Bonchev–Trinajstić information content (AvgIpc) is 2.76. The quantitative estimate of drug-likeness (QED) is 0.864. The summed E-state index contributed by atoms with van der Waals surface area (Å²) in [6, 6.07) is 1.21. The van der Waals surface area contributed by atoms with Crippen LogP contribution in [0.4, 0.5) is 13.2 Å². The normalized spacial score (nSPS) is 22.0. The lowest BCUT2D eigenvalue weighted by Gasteiger charge is -2.15. The van der Waals surface area contributed by atoms with Crippen LogP contribution in [-0.4, -0.2) is 30.1 Å². The van der Waals surface area contributed by atoms with E-state index in [1.807, 2.05) is 12.1 Å². The molecule has 0 aromatic carbocycles. The van der Waals surface area contributed by atoms with Crippen LogP contribution in [0.3, 0.4) is 0 Å². The summed E-state index contributed by atoms with van der Waals surface area (Å²) in [5, 5.41) is 1.99. The SMILES string of the molecule is CNN1CC[C@@H](c2cncc(C(F)(F)F)c2)C1. The molecule has 2 rings (SSSR count). The first-order valence-corrected chi connectivity index (χ1v) is 5.45. The van der Waals surface area contributed by atoms with Crippen molar-refractivity contribution in [2.24, 2.45) is 0 Å². The predicted molar refractivity (Wildman–Crippen MR) is 57.2 cm³/mol. The van der Waals surface area contributed by atoms with Crippen molar-refractivity contribution >= 4 is 0 Å². The van der Waals surface area contributed by atoms with Crippen LogP contribution in [0.25, 0.3) is 0 Å². The van der Waals surface area contributed by atoms with Gasteiger partial charge in [0.05, 0.1) is 5.56 Å². The van der Waals surface area contributed by atoms with Gasteiger partial charge in [0.25, 0.3) is 0 Å². The number of aromatic nitrogens is 1. The lowest BCUT2D eigenvalue weighted by molar-refractivity contribution is -0.137. The Morgan fingerprint density at radius 2 is 2.18 bits per heavy atom. The van der Waals surface area contributed by atoms with Gasteiger partial charge >= 0.3 is 6.18 Å². The second kappa shape index (κ2) is 4.62. The van der Waals surface area contributed by atoms with Crippen LogP contribution in [0, 0.1) is 0 Å². The molecule has 2 heterocycles. The molecule has 94 valence electrons. The van der Waals surface area contributed by atoms with Crippen LogP contribution in [0.2, 0.25) is 0 Å². The topological polar surface area (TPSA) is 28.2 Å². The van der Waals surface area contributed by atoms with Gasteiger partial charge in [-0.25, -0.2) is 5.01 Å². The van der Waals surface area contributed by atoms with Crippen LogP contribution < -0.4 is 5.43 Å². The fourth-order valence-corrected chi connectivity index (χ4v) is 2.07. The van der Waals surface area contributed by atoms with E-state index in [0.717, 1.165) is 25.7 Å². The maximum Gasteiger partial charge on any atom is 0.417 e. The number of alkyl halides is 3. The standard InChI is InChI=1S/C11H14F3N3/c1-15-17-3-2-8(7-17)9-4-10(6-16-5-9)11(12,13)14/h4-6,8,15H,2-3,7H2,1H3/t8-/m1/s1. The van der Waals surface area contributed by atoms with Crippen LogP contribution in [-0.2, 0) is 6.18 Å². The summed E-state index contributed by atoms with van der Waals surface area (Å²) in [6.07, 6.45) is -1.07. The molecule has 1 fully saturated rings. The van der Waals surface area contributed by atoms with Crippen LogP contribution in [0.1, 0.15) is 23.5 Å². The predicted octanol–water partition coefficient (Wildman–Crippen LogP) is 2.02. The average molecular weight is 245 g/mol. The molecule has 1 aliphatic heterocycles. The largest absolute Gasteiger partial charge is 0.417 e. The minimum atomic E-state index is -4.32. The molecule has 1 saturated heterocycles. The zero-order valence-corrected chi connectivity index (χ0v) is 9.46. The van der Waals surface area contributed by atoms with E-state index in [1.54, 1.807) is 0 Å². The molecule has 1 aromatic rings. The van der Waals surface area contributed by atoms with E-state index in [0.29, 0.717) is 5.56 Å². The minimum absolute atomic E-state index is 0.122. The number of halogens is 3. The van der Waals surface area contributed by atoms with E-state index >= 15 is 0 Å². The summed E-state index contributed by atoms with van der Waals surface area (Å²) in [7, 11) is 1.81. The Morgan fingerprint density at radius 1 is 1.41 bits per heavy atom. The van der Waals surface area contributed by atoms with Crippen molar-refractivity contribution in [3.05, 3.63) is 29.6 Å². The highest BCUT2D eigenvalue weighted by Gasteiger charge is 2.32. The fraction of sp³-hybridized carbons (Fsp3) is 0.545. The van der Waals surface area contributed by atoms with Crippen molar-refractivity contribution < 1.29 is 13.2 Å². The summed E-state index contributed by atoms with van der Waals surface area (Å²) in [5.74, 6) is 0.122. The zero-order valence-electron chi connectivity index (χ0n) is 9.46. The lowest BCUT2D eigenvalue weighted by atomic mass is 9.99. The summed E-state index contributed by atoms with van der Waals surface area (Å²) >= 11 is 0. The molecular weight excluding hydrogens is 231 g/mol. The third kappa shape index (κ3) is 2.76. The number of nitrogens with zero attached hydrogens (tertiary/aromatic N) is 2. The molecule has 0 amide bonds. The Kier molecular flexibility index (Phi) is 3.35. The van der Waals surface area contributed by atoms with E-state index in [9.17, 15) is 13.2 Å². The second-order valence-corrected chi connectivity index (χ2v) is 4.16. The third-order valence-electron chi connectivity index (χ3n) is 3.06. The molecular formula is C11H14F3N3. The van der Waals surface area contributed by atoms with Gasteiger partial charge in [-0.1, -0.05) is 0 Å². The molecule has 0 bridgehead atoms. The van der Waals surface area contributed by atoms with Crippen molar-refractivity contribution in [2.75, 3.05) is 20.1 Å². The Bertz CT molecular complexity index is 392. The van der Waals surface area contributed by atoms with Gasteiger partial charge in [0, 0.05) is 31.4 Å². The Morgan fingerprint density at radius 3 is 2.76 bits per heavy atom. The van der Waals surface area contributed by atoms with Gasteiger partial charge < -0.3 is 0 Å². The summed E-state index contributed by atoms with van der Waals surface area (Å²) in [6.45, 7) is 1.57. The second-order valence-electron chi connectivity index (χ2n) is 4.16. The maximum atomic E-state index is 12.5. The van der Waals surface area contributed by atoms with Crippen molar-refractivity contribution in [3.8, 4) is 0 Å². The third-order valence-corrected chi connectivity index (χ3v) is 3.06. The van der Waals surface area contributed by atoms with Gasteiger partial charge in [-0.05, 0) is 25.1 Å². The van der Waals surface area contributed by atoms with Gasteiger partial charge in [-0.15, -0.1) is 0 Å². The number of pyridine rings is 1. The maximum absolute atomic E-state index is 12.5. The van der Waals surface area contributed by atoms with E-state index < -0.39 is 11.7 Å². The molecule has 3 nitrogen and oxygen atoms in total. The number of hydrogen-bond acceptors (Lipinski definition) is 3. The Hall–Kier alpha value is -1.14. The first-order chi connectivity index (χ1) is 8.00. The lowest BCUT2D eigenvalue weighted by Crippen LogP contribution is -2.32. The zero-order chi connectivity index (χ0) is 12.5. The molecule has 17 heavy (non-hydrogen) atoms. The fourth-order valence-electron chi connectivity index (χ4n) is 2.07. The summed E-state index contributed by atoms with van der Waals surface area (Å²) < 4.78 is 37.6. The highest BCUT2D eigenvalue weighted by Crippen LogP contribution is 2.32. The Balaban J connectivity index is 2.17. The van der Waals surface area contributed by atoms with Gasteiger partial charge in [0.1, 0.15) is 0 Å². The molecule has 1 aliphatic rings. The number of nitrogens with one attached hydrogen (secondary N) is 1. The highest BCUT2D eigenvalue weighted by atomic mass is 19.4. The van der Waals surface area contributed by atoms with Crippen molar-refractivity contribution in [1.82, 2.24) is 15.4 Å². The van der Waals surface area contributed by atoms with Crippen molar-refractivity contribution in [2.45, 2.75) is 18.5 Å². The van der Waals surface area contributed by atoms with Gasteiger partial charge in [0.15, 0.2) is 0 Å². The van der Waals surface area contributed by atoms with Gasteiger partial charge in [0.2, 0.25) is 0 Å². The van der Waals surface area contributed by atoms with Crippen LogP contribution >= 0.6 is 0 Å². The van der Waals surface area contributed by atoms with Crippen molar-refractivity contribution in [1.29, 1.82) is 0 Å². The summed E-state index contributed by atoms with van der Waals surface area (Å²) in [5.41, 5.74) is 3.00. The first kappa shape index (κ1) is 12.3. The number of rotatable bonds is 2. The van der Waals surface area contributed by atoms with Crippen LogP contribution in [0.5, 0.6) is 0 Å². The molecule has 0 aliphatic carbocycles. The highest BCUT2D eigenvalue weighted by molar-refractivity contribution is 5.24. The molecule has 0 spiro atoms. The van der Waals surface area contributed by atoms with Crippen LogP contribution in [0.15, 0.2) is 18.5 Å². The smallest absolute Gasteiger partial charge is 0.264 e. The Labute approximate surface area is 97.6 Å². The van der Waals surface area contributed by atoms with E-state index in [-0.39, 0.29) is 5.92 Å².